The molecule has 1 aromatic heterocycles. The molecule has 4 atom stereocenters. The van der Waals surface area contributed by atoms with Gasteiger partial charge in [0.1, 0.15) is 6.61 Å². The second-order valence-corrected chi connectivity index (χ2v) is 14.0. The zero-order valence-corrected chi connectivity index (χ0v) is 26.7. The average molecular weight is 649 g/mol. The molecule has 248 valence electrons. The average Bonchev–Trinajstić information content (AvgIpc) is 3.74. The molecule has 1 saturated carbocycles. The summed E-state index contributed by atoms with van der Waals surface area (Å²) in [5, 5.41) is 31.1. The van der Waals surface area contributed by atoms with Crippen molar-refractivity contribution in [3.63, 3.8) is 0 Å². The molecule has 3 heterocycles. The number of guanidine groups is 1. The van der Waals surface area contributed by atoms with Crippen molar-refractivity contribution in [2.75, 3.05) is 31.5 Å². The first kappa shape index (κ1) is 29.6. The van der Waals surface area contributed by atoms with Crippen LogP contribution in [0.1, 0.15) is 53.3 Å². The second kappa shape index (κ2) is 11.0. The van der Waals surface area contributed by atoms with Gasteiger partial charge in [0.2, 0.25) is 5.96 Å². The summed E-state index contributed by atoms with van der Waals surface area (Å²) in [6.07, 6.45) is 3.37. The maximum atomic E-state index is 13.1. The number of hydrogen-bond donors (Lipinski definition) is 6. The summed E-state index contributed by atoms with van der Waals surface area (Å²) >= 11 is 0. The first-order valence-corrected chi connectivity index (χ1v) is 17.0. The van der Waals surface area contributed by atoms with Gasteiger partial charge in [-0.05, 0) is 79.1 Å². The van der Waals surface area contributed by atoms with E-state index in [0.717, 1.165) is 59.2 Å². The van der Waals surface area contributed by atoms with Crippen LogP contribution in [-0.4, -0.2) is 70.0 Å². The van der Waals surface area contributed by atoms with Gasteiger partial charge in [-0.3, -0.25) is 15.2 Å². The lowest BCUT2D eigenvalue weighted by molar-refractivity contribution is -0.173. The summed E-state index contributed by atoms with van der Waals surface area (Å²) in [7, 11) is 0. The van der Waals surface area contributed by atoms with E-state index < -0.39 is 23.2 Å². The second-order valence-electron chi connectivity index (χ2n) is 14.0. The zero-order valence-electron chi connectivity index (χ0n) is 26.7. The molecule has 4 aromatic rings. The number of piperidine rings is 1. The number of amides is 1. The molecule has 5 aliphatic rings. The number of nitrogens with two attached hydrogens (primary N) is 1. The minimum atomic E-state index is -1.08. The largest absolute Gasteiger partial charge is 0.504 e. The number of aromatic hydroxyl groups is 1. The lowest BCUT2D eigenvalue weighted by Crippen LogP contribution is -2.74. The van der Waals surface area contributed by atoms with Gasteiger partial charge in [-0.15, -0.1) is 0 Å². The number of aromatic amines is 1. The SMILES string of the molecule is NCCN=C(NC(=O)OCc1ccccc1)Nc1ccc2[nH]c3c(c2c1)C[C@@]1(O)[C@H]2Cc4ccc(O)c5c4[C@@]1(CCN2CC1CC1)[C@H]3O5. The topological polar surface area (TPSA) is 157 Å². The molecule has 11 nitrogen and oxygen atoms in total. The van der Waals surface area contributed by atoms with Crippen molar-refractivity contribution in [1.29, 1.82) is 0 Å². The van der Waals surface area contributed by atoms with Crippen molar-refractivity contribution >= 4 is 28.6 Å². The van der Waals surface area contributed by atoms with E-state index in [1.807, 2.05) is 54.6 Å². The van der Waals surface area contributed by atoms with Crippen molar-refractivity contribution in [3.8, 4) is 11.5 Å². The number of aliphatic hydroxyl groups is 1. The highest BCUT2D eigenvalue weighted by Gasteiger charge is 2.72. The zero-order chi connectivity index (χ0) is 32.6. The number of anilines is 1. The third-order valence-electron chi connectivity index (χ3n) is 11.3. The number of carbonyl (C=O) groups excluding carboxylic acids is 1. The number of phenolic OH excluding ortho intramolecular Hbond substituents is 1. The molecule has 1 spiro atoms. The van der Waals surface area contributed by atoms with Gasteiger partial charge >= 0.3 is 6.09 Å². The molecule has 1 saturated heterocycles. The maximum Gasteiger partial charge on any atom is 0.414 e. The Labute approximate surface area is 278 Å². The highest BCUT2D eigenvalue weighted by Crippen LogP contribution is 2.69. The molecule has 2 bridgehead atoms. The van der Waals surface area contributed by atoms with E-state index in [1.165, 1.54) is 18.4 Å². The van der Waals surface area contributed by atoms with Crippen LogP contribution in [0.5, 0.6) is 11.5 Å². The van der Waals surface area contributed by atoms with Gasteiger partial charge in [0.05, 0.1) is 23.3 Å². The van der Waals surface area contributed by atoms with Crippen molar-refractivity contribution < 1.29 is 24.5 Å². The number of ether oxygens (including phenoxy) is 2. The van der Waals surface area contributed by atoms with Gasteiger partial charge < -0.3 is 35.7 Å². The minimum Gasteiger partial charge on any atom is -0.504 e. The number of aromatic nitrogens is 1. The number of hydrogen-bond acceptors (Lipinski definition) is 8. The van der Waals surface area contributed by atoms with E-state index >= 15 is 0 Å². The van der Waals surface area contributed by atoms with Crippen molar-refractivity contribution in [3.05, 3.63) is 88.6 Å². The summed E-state index contributed by atoms with van der Waals surface area (Å²) < 4.78 is 12.2. The first-order valence-electron chi connectivity index (χ1n) is 17.0. The number of nitrogens with one attached hydrogen (secondary N) is 3. The van der Waals surface area contributed by atoms with Crippen LogP contribution >= 0.6 is 0 Å². The lowest BCUT2D eigenvalue weighted by Gasteiger charge is -2.62. The molecule has 9 rings (SSSR count). The number of benzene rings is 3. The summed E-state index contributed by atoms with van der Waals surface area (Å²) in [4.78, 5) is 23.4. The van der Waals surface area contributed by atoms with Crippen LogP contribution < -0.4 is 21.1 Å². The minimum absolute atomic E-state index is 0.0542. The quantitative estimate of drug-likeness (QED) is 0.128. The highest BCUT2D eigenvalue weighted by atomic mass is 16.5. The summed E-state index contributed by atoms with van der Waals surface area (Å²) in [6.45, 7) is 2.67. The van der Waals surface area contributed by atoms with E-state index in [1.54, 1.807) is 6.07 Å². The smallest absolute Gasteiger partial charge is 0.414 e. The Hall–Kier alpha value is -4.58. The van der Waals surface area contributed by atoms with Crippen molar-refractivity contribution in [2.45, 2.75) is 61.9 Å². The van der Waals surface area contributed by atoms with Crippen LogP contribution in [0, 0.1) is 5.92 Å². The standard InChI is InChI=1S/C37H40N6O5/c38-13-14-39-34(42-35(45)47-20-22-4-2-1-3-5-22)40-24-9-10-27-25(17-24)26-18-37(46)29-16-23-8-11-28(44)32-30(23)36(37,33(48-32)31(26)41-27)12-15-43(29)19-21-6-7-21/h1-5,8-11,17,21,29,33,41,44,46H,6-7,12-16,18-20,38H2,(H2,39,40,42,45)/t29-,33+,36+,37-/m1/s1. The van der Waals surface area contributed by atoms with Gasteiger partial charge in [0.25, 0.3) is 0 Å². The maximum absolute atomic E-state index is 13.1. The fraction of sp³-hybridized carbons (Fsp3) is 0.405. The Morgan fingerprint density at radius 2 is 2.02 bits per heavy atom. The number of aliphatic imine (C=N–C) groups is 1. The Morgan fingerprint density at radius 3 is 2.83 bits per heavy atom. The van der Waals surface area contributed by atoms with Gasteiger partial charge in [0.15, 0.2) is 17.6 Å². The molecule has 1 amide bonds. The van der Waals surface area contributed by atoms with E-state index in [2.05, 4.69) is 25.5 Å². The Kier molecular flexibility index (Phi) is 6.76. The van der Waals surface area contributed by atoms with Crippen LogP contribution in [0.2, 0.25) is 0 Å². The van der Waals surface area contributed by atoms with Crippen LogP contribution in [0.4, 0.5) is 10.5 Å². The molecule has 7 N–H and O–H groups in total. The molecular weight excluding hydrogens is 608 g/mol. The first-order chi connectivity index (χ1) is 23.4. The monoisotopic (exact) mass is 648 g/mol. The normalized spacial score (nSPS) is 26.8. The van der Waals surface area contributed by atoms with Gasteiger partial charge in [-0.2, -0.15) is 0 Å². The van der Waals surface area contributed by atoms with Gasteiger partial charge in [-0.1, -0.05) is 36.4 Å². The molecule has 11 heteroatoms. The molecule has 2 aliphatic heterocycles. The Morgan fingerprint density at radius 1 is 1.17 bits per heavy atom. The van der Waals surface area contributed by atoms with Crippen molar-refractivity contribution in [1.82, 2.24) is 15.2 Å². The number of fused-ring (bicyclic) bond motifs is 4. The van der Waals surface area contributed by atoms with Gasteiger partial charge in [-0.25, -0.2) is 4.79 Å². The van der Waals surface area contributed by atoms with E-state index in [0.29, 0.717) is 36.9 Å². The number of alkyl carbamates (subject to hydrolysis) is 1. The van der Waals surface area contributed by atoms with E-state index in [9.17, 15) is 15.0 Å². The van der Waals surface area contributed by atoms with Crippen molar-refractivity contribution in [2.24, 2.45) is 16.6 Å². The third-order valence-corrected chi connectivity index (χ3v) is 11.3. The molecule has 0 unspecified atom stereocenters. The molecule has 3 aliphatic carbocycles. The van der Waals surface area contributed by atoms with Crippen LogP contribution in [0.3, 0.4) is 0 Å². The van der Waals surface area contributed by atoms with E-state index in [4.69, 9.17) is 15.2 Å². The summed E-state index contributed by atoms with van der Waals surface area (Å²) in [5.41, 5.74) is 10.7. The molecular formula is C37H40N6O5. The number of phenols is 1. The lowest BCUT2D eigenvalue weighted by atomic mass is 9.49. The fourth-order valence-electron chi connectivity index (χ4n) is 8.98. The Balaban J connectivity index is 1.06. The fourth-order valence-corrected chi connectivity index (χ4v) is 8.98. The summed E-state index contributed by atoms with van der Waals surface area (Å²) in [5.74, 6) is 1.58. The highest BCUT2D eigenvalue weighted by molar-refractivity contribution is 6.03. The number of nitrogens with zero attached hydrogens (tertiary/aromatic N) is 2. The number of carbonyl (C=O) groups is 1. The third kappa shape index (κ3) is 4.44. The predicted molar refractivity (Wildman–Crippen MR) is 181 cm³/mol. The molecule has 3 aromatic carbocycles. The van der Waals surface area contributed by atoms with Gasteiger partial charge in [0, 0.05) is 47.7 Å². The number of H-pyrrole nitrogens is 1. The number of likely N-dealkylation sites (tertiary alicyclic amines) is 1. The van der Waals surface area contributed by atoms with Crippen LogP contribution in [-0.2, 0) is 29.6 Å². The number of rotatable bonds is 7. The molecule has 2 fully saturated rings. The predicted octanol–water partition coefficient (Wildman–Crippen LogP) is 4.23. The van der Waals surface area contributed by atoms with Crippen LogP contribution in [0.15, 0.2) is 65.7 Å². The molecule has 48 heavy (non-hydrogen) atoms. The summed E-state index contributed by atoms with van der Waals surface area (Å²) in [6, 6.07) is 19.1. The van der Waals surface area contributed by atoms with Crippen LogP contribution in [0.25, 0.3) is 10.9 Å². The molecule has 0 radical (unpaired) electrons. The van der Waals surface area contributed by atoms with E-state index in [-0.39, 0.29) is 24.4 Å². The Bertz CT molecular complexity index is 1960.